The zero-order valence-electron chi connectivity index (χ0n) is 25.8. The SMILES string of the molecule is CCCC1=C([C@H](O)CC/C(C)=C/c2ccc(O)cc2Cl)[C@H](CO)[C@@H]2C(=O)N(C3CCN(Cc4ccccc4)CC3)C(=O)[C@@H]2C1. The summed E-state index contributed by atoms with van der Waals surface area (Å²) < 4.78 is 0. The standard InChI is InChI=1S/C36H45ClN2O5/c1-3-7-26-19-29-34(30(22-40)33(26)32(42)13-10-23(2)18-25-11-12-28(41)20-31(25)37)36(44)39(35(29)43)27-14-16-38(17-15-27)21-24-8-5-4-6-9-24/h4-6,8-9,11-12,18,20,27,29-30,32,34,40-42H,3,7,10,13-17,19,21-22H2,1-2H3/b23-18+/t29-,30+,32-,34-/m1/s1. The van der Waals surface area contributed by atoms with Gasteiger partial charge in [0.05, 0.1) is 29.6 Å². The molecule has 0 aromatic heterocycles. The van der Waals surface area contributed by atoms with Gasteiger partial charge in [0.1, 0.15) is 5.75 Å². The summed E-state index contributed by atoms with van der Waals surface area (Å²) in [6.07, 6.45) is 5.67. The summed E-state index contributed by atoms with van der Waals surface area (Å²) in [6.45, 7) is 6.26. The Morgan fingerprint density at radius 3 is 2.48 bits per heavy atom. The predicted molar refractivity (Wildman–Crippen MR) is 173 cm³/mol. The number of hydrogen-bond acceptors (Lipinski definition) is 6. The number of aromatic hydroxyl groups is 1. The van der Waals surface area contributed by atoms with Crippen LogP contribution in [-0.2, 0) is 16.1 Å². The Morgan fingerprint density at radius 1 is 1.09 bits per heavy atom. The van der Waals surface area contributed by atoms with E-state index in [9.17, 15) is 24.9 Å². The third-order valence-corrected chi connectivity index (χ3v) is 10.0. The van der Waals surface area contributed by atoms with E-state index in [0.29, 0.717) is 24.3 Å². The fraction of sp³-hybridized carbons (Fsp3) is 0.500. The number of imide groups is 1. The number of phenols is 1. The van der Waals surface area contributed by atoms with Crippen LogP contribution in [0, 0.1) is 17.8 Å². The van der Waals surface area contributed by atoms with Crippen LogP contribution in [0.3, 0.4) is 0 Å². The normalized spacial score (nSPS) is 24.2. The molecule has 0 bridgehead atoms. The van der Waals surface area contributed by atoms with Crippen molar-refractivity contribution < 1.29 is 24.9 Å². The minimum atomic E-state index is -0.827. The van der Waals surface area contributed by atoms with Crippen molar-refractivity contribution in [1.29, 1.82) is 0 Å². The Morgan fingerprint density at radius 2 is 1.82 bits per heavy atom. The molecule has 5 rings (SSSR count). The Balaban J connectivity index is 1.28. The van der Waals surface area contributed by atoms with Crippen molar-refractivity contribution in [3.63, 3.8) is 0 Å². The molecule has 236 valence electrons. The summed E-state index contributed by atoms with van der Waals surface area (Å²) in [6, 6.07) is 15.0. The summed E-state index contributed by atoms with van der Waals surface area (Å²) in [7, 11) is 0. The van der Waals surface area contributed by atoms with Crippen molar-refractivity contribution in [2.24, 2.45) is 17.8 Å². The van der Waals surface area contributed by atoms with Gasteiger partial charge in [0.15, 0.2) is 0 Å². The highest BCUT2D eigenvalue weighted by Gasteiger charge is 2.56. The Bertz CT molecular complexity index is 1400. The first-order chi connectivity index (χ1) is 21.2. The number of rotatable bonds is 11. The quantitative estimate of drug-likeness (QED) is 0.212. The van der Waals surface area contributed by atoms with Crippen LogP contribution in [-0.4, -0.2) is 68.8 Å². The summed E-state index contributed by atoms with van der Waals surface area (Å²) in [5.74, 6) is -1.86. The molecule has 3 aliphatic rings. The first-order valence-corrected chi connectivity index (χ1v) is 16.4. The van der Waals surface area contributed by atoms with Gasteiger partial charge in [-0.1, -0.05) is 72.5 Å². The predicted octanol–water partition coefficient (Wildman–Crippen LogP) is 5.96. The molecule has 3 N–H and O–H groups in total. The minimum Gasteiger partial charge on any atom is -0.508 e. The molecule has 44 heavy (non-hydrogen) atoms. The van der Waals surface area contributed by atoms with Gasteiger partial charge < -0.3 is 15.3 Å². The average molecular weight is 621 g/mol. The number of hydrogen-bond donors (Lipinski definition) is 3. The summed E-state index contributed by atoms with van der Waals surface area (Å²) in [5.41, 5.74) is 4.83. The van der Waals surface area contributed by atoms with E-state index in [1.54, 1.807) is 12.1 Å². The van der Waals surface area contributed by atoms with Gasteiger partial charge in [-0.2, -0.15) is 0 Å². The Labute approximate surface area is 265 Å². The van der Waals surface area contributed by atoms with Crippen molar-refractivity contribution in [2.75, 3.05) is 19.7 Å². The molecule has 2 aromatic rings. The number of aliphatic hydroxyl groups excluding tert-OH is 2. The number of phenolic OH excluding ortho intramolecular Hbond substituents is 1. The molecule has 2 aromatic carbocycles. The van der Waals surface area contributed by atoms with E-state index in [1.807, 2.05) is 31.2 Å². The number of halogens is 1. The van der Waals surface area contributed by atoms with E-state index in [0.717, 1.165) is 67.6 Å². The zero-order valence-corrected chi connectivity index (χ0v) is 26.5. The van der Waals surface area contributed by atoms with Crippen LogP contribution in [0.25, 0.3) is 6.08 Å². The highest BCUT2D eigenvalue weighted by molar-refractivity contribution is 6.32. The molecule has 7 nitrogen and oxygen atoms in total. The van der Waals surface area contributed by atoms with Gasteiger partial charge in [-0.3, -0.25) is 19.4 Å². The van der Waals surface area contributed by atoms with Gasteiger partial charge in [-0.05, 0) is 80.3 Å². The van der Waals surface area contributed by atoms with Crippen LogP contribution in [0.5, 0.6) is 5.75 Å². The molecule has 2 heterocycles. The lowest BCUT2D eigenvalue weighted by molar-refractivity contribution is -0.144. The lowest BCUT2D eigenvalue weighted by Crippen LogP contribution is -2.47. The first-order valence-electron chi connectivity index (χ1n) is 16.0. The number of nitrogens with zero attached hydrogens (tertiary/aromatic N) is 2. The second-order valence-electron chi connectivity index (χ2n) is 12.7. The fourth-order valence-electron chi connectivity index (χ4n) is 7.55. The molecule has 0 radical (unpaired) electrons. The van der Waals surface area contributed by atoms with Crippen LogP contribution in [0.15, 0.2) is 65.3 Å². The van der Waals surface area contributed by atoms with E-state index in [1.165, 1.54) is 16.5 Å². The van der Waals surface area contributed by atoms with Crippen LogP contribution in [0.1, 0.15) is 69.9 Å². The first kappa shape index (κ1) is 32.4. The van der Waals surface area contributed by atoms with Crippen molar-refractivity contribution in [1.82, 2.24) is 9.80 Å². The van der Waals surface area contributed by atoms with E-state index in [2.05, 4.69) is 24.0 Å². The third kappa shape index (κ3) is 6.96. The number of amides is 2. The second kappa shape index (κ2) is 14.4. The molecule has 0 spiro atoms. The zero-order chi connectivity index (χ0) is 31.4. The van der Waals surface area contributed by atoms with Crippen molar-refractivity contribution in [3.05, 3.63) is 81.4 Å². The van der Waals surface area contributed by atoms with E-state index in [4.69, 9.17) is 11.6 Å². The van der Waals surface area contributed by atoms with Gasteiger partial charge >= 0.3 is 0 Å². The molecule has 2 amide bonds. The lowest BCUT2D eigenvalue weighted by atomic mass is 9.67. The molecule has 2 fully saturated rings. The minimum absolute atomic E-state index is 0.105. The van der Waals surface area contributed by atoms with Crippen LogP contribution in [0.2, 0.25) is 5.02 Å². The van der Waals surface area contributed by atoms with Gasteiger partial charge in [-0.25, -0.2) is 0 Å². The molecule has 2 aliphatic heterocycles. The highest BCUT2D eigenvalue weighted by Crippen LogP contribution is 2.48. The smallest absolute Gasteiger partial charge is 0.234 e. The molecule has 1 aliphatic carbocycles. The van der Waals surface area contributed by atoms with Crippen LogP contribution < -0.4 is 0 Å². The van der Waals surface area contributed by atoms with Crippen molar-refractivity contribution >= 4 is 29.5 Å². The maximum Gasteiger partial charge on any atom is 0.234 e. The van der Waals surface area contributed by atoms with E-state index in [-0.39, 0.29) is 30.2 Å². The molecule has 0 unspecified atom stereocenters. The number of carbonyl (C=O) groups excluding carboxylic acids is 2. The molecule has 8 heteroatoms. The number of carbonyl (C=O) groups is 2. The summed E-state index contributed by atoms with van der Waals surface area (Å²) >= 11 is 6.28. The maximum atomic E-state index is 14.0. The van der Waals surface area contributed by atoms with E-state index < -0.39 is 23.9 Å². The van der Waals surface area contributed by atoms with Crippen LogP contribution in [0.4, 0.5) is 0 Å². The van der Waals surface area contributed by atoms with Gasteiger partial charge in [-0.15, -0.1) is 0 Å². The molecular formula is C36H45ClN2O5. The molecule has 0 saturated carbocycles. The van der Waals surface area contributed by atoms with Crippen LogP contribution >= 0.6 is 11.6 Å². The monoisotopic (exact) mass is 620 g/mol. The number of piperidine rings is 1. The number of fused-ring (bicyclic) bond motifs is 1. The molecule has 4 atom stereocenters. The largest absolute Gasteiger partial charge is 0.508 e. The number of aliphatic hydroxyl groups is 2. The average Bonchev–Trinajstić information content (AvgIpc) is 3.26. The summed E-state index contributed by atoms with van der Waals surface area (Å²) in [5, 5.41) is 32.3. The highest BCUT2D eigenvalue weighted by atomic mass is 35.5. The third-order valence-electron chi connectivity index (χ3n) is 9.70. The fourth-order valence-corrected chi connectivity index (χ4v) is 7.78. The number of allylic oxidation sites excluding steroid dienone is 2. The number of likely N-dealkylation sites (tertiary alicyclic amines) is 2. The van der Waals surface area contributed by atoms with Crippen molar-refractivity contribution in [2.45, 2.75) is 77.5 Å². The number of benzene rings is 2. The molecule has 2 saturated heterocycles. The topological polar surface area (TPSA) is 101 Å². The summed E-state index contributed by atoms with van der Waals surface area (Å²) in [4.78, 5) is 31.7. The van der Waals surface area contributed by atoms with Gasteiger partial charge in [0.25, 0.3) is 0 Å². The van der Waals surface area contributed by atoms with Crippen molar-refractivity contribution in [3.8, 4) is 5.75 Å². The second-order valence-corrected chi connectivity index (χ2v) is 13.1. The maximum absolute atomic E-state index is 14.0. The Hall–Kier alpha value is -2.97. The lowest BCUT2D eigenvalue weighted by Gasteiger charge is -2.37. The molecular weight excluding hydrogens is 576 g/mol. The van der Waals surface area contributed by atoms with E-state index >= 15 is 0 Å². The van der Waals surface area contributed by atoms with Gasteiger partial charge in [0.2, 0.25) is 11.8 Å². The Kier molecular flexibility index (Phi) is 10.6. The van der Waals surface area contributed by atoms with Gasteiger partial charge in [0, 0.05) is 31.6 Å².